The fourth-order valence-electron chi connectivity index (χ4n) is 1.42. The number of fused-ring (bicyclic) bond motifs is 1. The lowest BCUT2D eigenvalue weighted by Gasteiger charge is -2.03. The minimum absolute atomic E-state index is 0.437. The Labute approximate surface area is 87.9 Å². The molecule has 0 saturated heterocycles. The van der Waals surface area contributed by atoms with Gasteiger partial charge in [-0.3, -0.25) is 0 Å². The predicted octanol–water partition coefficient (Wildman–Crippen LogP) is 2.51. The van der Waals surface area contributed by atoms with Gasteiger partial charge in [-0.05, 0) is 37.3 Å². The zero-order valence-corrected chi connectivity index (χ0v) is 8.40. The summed E-state index contributed by atoms with van der Waals surface area (Å²) >= 11 is 0. The molecule has 0 saturated carbocycles. The first-order valence-corrected chi connectivity index (χ1v) is 4.77. The van der Waals surface area contributed by atoms with Crippen molar-refractivity contribution in [2.75, 3.05) is 6.61 Å². The fraction of sp³-hybridized carbons (Fsp3) is 0.167. The molecule has 74 valence electrons. The Bertz CT molecular complexity index is 529. The molecule has 0 spiro atoms. The summed E-state index contributed by atoms with van der Waals surface area (Å²) in [7, 11) is 0. The summed E-state index contributed by atoms with van der Waals surface area (Å²) < 4.78 is 5.38. The molecule has 2 rings (SSSR count). The van der Waals surface area contributed by atoms with Crippen LogP contribution < -0.4 is 4.74 Å². The molecule has 0 N–H and O–H groups in total. The summed E-state index contributed by atoms with van der Waals surface area (Å²) in [5.41, 5.74) is 1.25. The number of ether oxygens (including phenoxy) is 1. The molecule has 0 amide bonds. The van der Waals surface area contributed by atoms with Crippen molar-refractivity contribution in [2.45, 2.75) is 6.92 Å². The average Bonchev–Trinajstić information content (AvgIpc) is 2.29. The molecule has 3 heteroatoms. The van der Waals surface area contributed by atoms with E-state index in [0.29, 0.717) is 12.3 Å². The van der Waals surface area contributed by atoms with Crippen LogP contribution in [0.5, 0.6) is 5.75 Å². The van der Waals surface area contributed by atoms with Gasteiger partial charge in [0.25, 0.3) is 0 Å². The van der Waals surface area contributed by atoms with Crippen LogP contribution >= 0.6 is 0 Å². The van der Waals surface area contributed by atoms with E-state index >= 15 is 0 Å². The third-order valence-electron chi connectivity index (χ3n) is 2.09. The summed E-state index contributed by atoms with van der Waals surface area (Å²) in [6.45, 7) is 2.59. The van der Waals surface area contributed by atoms with Crippen LogP contribution in [0.2, 0.25) is 0 Å². The SMILES string of the molecule is CCOc1ccc2nc(C#N)ccc2c1. The first-order chi connectivity index (χ1) is 7.33. The van der Waals surface area contributed by atoms with Gasteiger partial charge in [0.2, 0.25) is 0 Å². The monoisotopic (exact) mass is 198 g/mol. The van der Waals surface area contributed by atoms with Gasteiger partial charge in [0.1, 0.15) is 17.5 Å². The number of rotatable bonds is 2. The maximum absolute atomic E-state index is 8.70. The number of nitriles is 1. The van der Waals surface area contributed by atoms with Crippen LogP contribution in [0, 0.1) is 11.3 Å². The number of pyridine rings is 1. The van der Waals surface area contributed by atoms with E-state index in [2.05, 4.69) is 4.98 Å². The highest BCUT2D eigenvalue weighted by Crippen LogP contribution is 2.19. The van der Waals surface area contributed by atoms with Crippen LogP contribution in [0.4, 0.5) is 0 Å². The van der Waals surface area contributed by atoms with Crippen molar-refractivity contribution in [1.29, 1.82) is 5.26 Å². The van der Waals surface area contributed by atoms with E-state index in [1.807, 2.05) is 37.3 Å². The van der Waals surface area contributed by atoms with E-state index in [9.17, 15) is 0 Å². The lowest BCUT2D eigenvalue weighted by Crippen LogP contribution is -1.91. The number of nitrogens with zero attached hydrogens (tertiary/aromatic N) is 2. The van der Waals surface area contributed by atoms with Crippen molar-refractivity contribution in [3.05, 3.63) is 36.0 Å². The van der Waals surface area contributed by atoms with Gasteiger partial charge in [-0.1, -0.05) is 0 Å². The number of hydrogen-bond acceptors (Lipinski definition) is 3. The van der Waals surface area contributed by atoms with Crippen LogP contribution in [0.3, 0.4) is 0 Å². The van der Waals surface area contributed by atoms with E-state index in [-0.39, 0.29) is 0 Å². The molecule has 0 aliphatic rings. The highest BCUT2D eigenvalue weighted by atomic mass is 16.5. The summed E-state index contributed by atoms with van der Waals surface area (Å²) in [6.07, 6.45) is 0. The van der Waals surface area contributed by atoms with E-state index in [0.717, 1.165) is 16.7 Å². The molecule has 0 radical (unpaired) electrons. The molecule has 3 nitrogen and oxygen atoms in total. The zero-order valence-electron chi connectivity index (χ0n) is 8.40. The highest BCUT2D eigenvalue weighted by Gasteiger charge is 1.99. The topological polar surface area (TPSA) is 45.9 Å². The van der Waals surface area contributed by atoms with E-state index in [1.54, 1.807) is 6.07 Å². The number of hydrogen-bond donors (Lipinski definition) is 0. The molecule has 1 aromatic carbocycles. The van der Waals surface area contributed by atoms with Gasteiger partial charge in [0.15, 0.2) is 0 Å². The molecular weight excluding hydrogens is 188 g/mol. The number of benzene rings is 1. The van der Waals surface area contributed by atoms with Crippen LogP contribution in [-0.4, -0.2) is 11.6 Å². The molecule has 1 aromatic heterocycles. The van der Waals surface area contributed by atoms with Crippen LogP contribution in [0.15, 0.2) is 30.3 Å². The second-order valence-corrected chi connectivity index (χ2v) is 3.10. The minimum Gasteiger partial charge on any atom is -0.494 e. The Hall–Kier alpha value is -2.08. The van der Waals surface area contributed by atoms with Gasteiger partial charge >= 0.3 is 0 Å². The number of aromatic nitrogens is 1. The van der Waals surface area contributed by atoms with Crippen LogP contribution in [-0.2, 0) is 0 Å². The Kier molecular flexibility index (Phi) is 2.51. The second kappa shape index (κ2) is 3.97. The fourth-order valence-corrected chi connectivity index (χ4v) is 1.42. The second-order valence-electron chi connectivity index (χ2n) is 3.10. The molecule has 0 aliphatic carbocycles. The third kappa shape index (κ3) is 1.89. The smallest absolute Gasteiger partial charge is 0.141 e. The summed E-state index contributed by atoms with van der Waals surface area (Å²) in [4.78, 5) is 4.18. The molecule has 0 atom stereocenters. The molecular formula is C12H10N2O. The first-order valence-electron chi connectivity index (χ1n) is 4.77. The van der Waals surface area contributed by atoms with Crippen molar-refractivity contribution >= 4 is 10.9 Å². The molecule has 1 heterocycles. The van der Waals surface area contributed by atoms with Crippen molar-refractivity contribution in [3.8, 4) is 11.8 Å². The highest BCUT2D eigenvalue weighted by molar-refractivity contribution is 5.80. The molecule has 0 fully saturated rings. The van der Waals surface area contributed by atoms with E-state index in [4.69, 9.17) is 10.00 Å². The predicted molar refractivity (Wildman–Crippen MR) is 57.6 cm³/mol. The van der Waals surface area contributed by atoms with Crippen molar-refractivity contribution < 1.29 is 4.74 Å². The van der Waals surface area contributed by atoms with Crippen LogP contribution in [0.25, 0.3) is 10.9 Å². The molecule has 0 aliphatic heterocycles. The molecule has 2 aromatic rings. The third-order valence-corrected chi connectivity index (χ3v) is 2.09. The summed E-state index contributed by atoms with van der Waals surface area (Å²) in [5.74, 6) is 0.830. The van der Waals surface area contributed by atoms with Crippen LogP contribution in [0.1, 0.15) is 12.6 Å². The molecule has 0 unspecified atom stereocenters. The van der Waals surface area contributed by atoms with Gasteiger partial charge in [-0.15, -0.1) is 0 Å². The zero-order chi connectivity index (χ0) is 10.7. The Morgan fingerprint density at radius 3 is 2.93 bits per heavy atom. The summed E-state index contributed by atoms with van der Waals surface area (Å²) in [6, 6.07) is 11.2. The standard InChI is InChI=1S/C12H10N2O/c1-2-15-11-5-6-12-9(7-11)3-4-10(8-13)14-12/h3-7H,2H2,1H3. The molecule has 0 bridgehead atoms. The Balaban J connectivity index is 2.51. The average molecular weight is 198 g/mol. The maximum Gasteiger partial charge on any atom is 0.141 e. The lowest BCUT2D eigenvalue weighted by atomic mass is 10.2. The van der Waals surface area contributed by atoms with E-state index in [1.165, 1.54) is 0 Å². The van der Waals surface area contributed by atoms with Gasteiger partial charge in [0, 0.05) is 5.39 Å². The summed E-state index contributed by atoms with van der Waals surface area (Å²) in [5, 5.41) is 9.68. The molecule has 15 heavy (non-hydrogen) atoms. The van der Waals surface area contributed by atoms with E-state index < -0.39 is 0 Å². The Morgan fingerprint density at radius 2 is 2.20 bits per heavy atom. The van der Waals surface area contributed by atoms with Gasteiger partial charge in [-0.2, -0.15) is 5.26 Å². The van der Waals surface area contributed by atoms with Crippen molar-refractivity contribution in [1.82, 2.24) is 4.98 Å². The lowest BCUT2D eigenvalue weighted by molar-refractivity contribution is 0.340. The van der Waals surface area contributed by atoms with Gasteiger partial charge in [-0.25, -0.2) is 4.98 Å². The normalized spacial score (nSPS) is 9.87. The maximum atomic E-state index is 8.70. The Morgan fingerprint density at radius 1 is 1.33 bits per heavy atom. The minimum atomic E-state index is 0.437. The van der Waals surface area contributed by atoms with Gasteiger partial charge in [0.05, 0.1) is 12.1 Å². The van der Waals surface area contributed by atoms with Crippen molar-refractivity contribution in [2.24, 2.45) is 0 Å². The van der Waals surface area contributed by atoms with Gasteiger partial charge < -0.3 is 4.74 Å². The largest absolute Gasteiger partial charge is 0.494 e. The van der Waals surface area contributed by atoms with Crippen molar-refractivity contribution in [3.63, 3.8) is 0 Å². The first kappa shape index (κ1) is 9.47. The quantitative estimate of drug-likeness (QED) is 0.744.